The molecule has 1 aromatic rings. The van der Waals surface area contributed by atoms with Crippen LogP contribution in [0.25, 0.3) is 0 Å². The summed E-state index contributed by atoms with van der Waals surface area (Å²) in [5, 5.41) is 8.13. The molecule has 0 saturated carbocycles. The molecule has 0 unspecified atom stereocenters. The zero-order valence-electron chi connectivity index (χ0n) is 7.25. The van der Waals surface area contributed by atoms with E-state index in [0.29, 0.717) is 0 Å². The van der Waals surface area contributed by atoms with Crippen molar-refractivity contribution in [2.24, 2.45) is 0 Å². The lowest BCUT2D eigenvalue weighted by Crippen LogP contribution is -2.11. The second-order valence-corrected chi connectivity index (χ2v) is 3.28. The Hall–Kier alpha value is -1.11. The first kappa shape index (κ1) is 13.0. The van der Waals surface area contributed by atoms with Crippen molar-refractivity contribution in [3.05, 3.63) is 28.3 Å². The highest BCUT2D eigenvalue weighted by atomic mass is 35.5. The van der Waals surface area contributed by atoms with Crippen LogP contribution in [0, 0.1) is 0 Å². The van der Waals surface area contributed by atoms with E-state index in [0.717, 1.165) is 0 Å². The molecule has 8 heteroatoms. The highest BCUT2D eigenvalue weighted by Gasteiger charge is 2.41. The first-order valence-corrected chi connectivity index (χ1v) is 4.08. The highest BCUT2D eigenvalue weighted by Crippen LogP contribution is 2.44. The molecule has 0 aliphatic carbocycles. The van der Waals surface area contributed by atoms with Gasteiger partial charge in [0, 0.05) is 5.02 Å². The van der Waals surface area contributed by atoms with E-state index >= 15 is 0 Å². The number of alkyl halides is 6. The second kappa shape index (κ2) is 3.73. The van der Waals surface area contributed by atoms with E-state index < -0.39 is 34.3 Å². The Morgan fingerprint density at radius 2 is 1.19 bits per heavy atom. The molecule has 16 heavy (non-hydrogen) atoms. The van der Waals surface area contributed by atoms with E-state index in [4.69, 9.17) is 16.7 Å². The van der Waals surface area contributed by atoms with Gasteiger partial charge in [0.05, 0.1) is 11.1 Å². The van der Waals surface area contributed by atoms with Gasteiger partial charge in [-0.1, -0.05) is 11.6 Å². The van der Waals surface area contributed by atoms with Crippen LogP contribution in [0.2, 0.25) is 5.02 Å². The maximum Gasteiger partial charge on any atom is 0.420 e. The van der Waals surface area contributed by atoms with Crippen LogP contribution in [0.4, 0.5) is 26.3 Å². The Labute approximate surface area is 90.3 Å². The Bertz CT molecular complexity index is 373. The number of hydrogen-bond donors (Lipinski definition) is 1. The molecule has 90 valence electrons. The lowest BCUT2D eigenvalue weighted by atomic mass is 10.1. The molecule has 0 radical (unpaired) electrons. The molecule has 0 aromatic heterocycles. The number of aromatic hydroxyl groups is 1. The molecule has 0 atom stereocenters. The molecule has 1 rings (SSSR count). The van der Waals surface area contributed by atoms with Crippen LogP contribution in [0.1, 0.15) is 11.1 Å². The summed E-state index contributed by atoms with van der Waals surface area (Å²) in [6.07, 6.45) is -10.2. The third-order valence-electron chi connectivity index (χ3n) is 1.69. The number of phenolic OH excluding ortho intramolecular Hbond substituents is 1. The van der Waals surface area contributed by atoms with Gasteiger partial charge in [0.25, 0.3) is 0 Å². The first-order chi connectivity index (χ1) is 7.03. The number of hydrogen-bond acceptors (Lipinski definition) is 1. The summed E-state index contributed by atoms with van der Waals surface area (Å²) in [4.78, 5) is 0. The van der Waals surface area contributed by atoms with Crippen molar-refractivity contribution in [1.29, 1.82) is 0 Å². The van der Waals surface area contributed by atoms with Crippen molar-refractivity contribution in [2.45, 2.75) is 12.4 Å². The number of benzene rings is 1. The molecule has 0 amide bonds. The molecule has 0 aliphatic heterocycles. The zero-order valence-corrected chi connectivity index (χ0v) is 8.00. The minimum Gasteiger partial charge on any atom is -0.507 e. The fraction of sp³-hybridized carbons (Fsp3) is 0.250. The van der Waals surface area contributed by atoms with Crippen molar-refractivity contribution in [3.8, 4) is 5.75 Å². The summed E-state index contributed by atoms with van der Waals surface area (Å²) in [5.74, 6) is -1.87. The molecule has 0 saturated heterocycles. The topological polar surface area (TPSA) is 20.2 Å². The van der Waals surface area contributed by atoms with Crippen molar-refractivity contribution in [3.63, 3.8) is 0 Å². The van der Waals surface area contributed by atoms with Crippen LogP contribution >= 0.6 is 11.6 Å². The van der Waals surface area contributed by atoms with Gasteiger partial charge in [-0.15, -0.1) is 0 Å². The second-order valence-electron chi connectivity index (χ2n) is 2.85. The number of phenols is 1. The van der Waals surface area contributed by atoms with Crippen LogP contribution in [0.3, 0.4) is 0 Å². The van der Waals surface area contributed by atoms with Gasteiger partial charge in [-0.2, -0.15) is 26.3 Å². The van der Waals surface area contributed by atoms with Crippen molar-refractivity contribution in [1.82, 2.24) is 0 Å². The average Bonchev–Trinajstić information content (AvgIpc) is 2.04. The Kier molecular flexibility index (Phi) is 3.02. The third-order valence-corrected chi connectivity index (χ3v) is 1.90. The molecule has 0 spiro atoms. The van der Waals surface area contributed by atoms with Crippen molar-refractivity contribution < 1.29 is 31.4 Å². The van der Waals surface area contributed by atoms with Crippen molar-refractivity contribution >= 4 is 11.6 Å². The van der Waals surface area contributed by atoms with Gasteiger partial charge in [-0.05, 0) is 12.1 Å². The molecule has 1 aromatic carbocycles. The fourth-order valence-corrected chi connectivity index (χ4v) is 1.25. The summed E-state index contributed by atoms with van der Waals surface area (Å²) in [7, 11) is 0. The minimum atomic E-state index is -5.10. The van der Waals surface area contributed by atoms with E-state index in [1.54, 1.807) is 0 Å². The summed E-state index contributed by atoms with van der Waals surface area (Å²) in [5.41, 5.74) is -3.63. The SMILES string of the molecule is Oc1c(C(F)(F)F)cc(Cl)cc1C(F)(F)F. The molecule has 0 fully saturated rings. The molecular weight excluding hydrogens is 262 g/mol. The summed E-state index contributed by atoms with van der Waals surface area (Å²) in [6.45, 7) is 0. The monoisotopic (exact) mass is 264 g/mol. The average molecular weight is 265 g/mol. The number of halogens is 7. The highest BCUT2D eigenvalue weighted by molar-refractivity contribution is 6.30. The van der Waals surface area contributed by atoms with Crippen molar-refractivity contribution in [2.75, 3.05) is 0 Å². The summed E-state index contributed by atoms with van der Waals surface area (Å²) >= 11 is 5.12. The van der Waals surface area contributed by atoms with Gasteiger partial charge >= 0.3 is 12.4 Å². The smallest absolute Gasteiger partial charge is 0.420 e. The molecule has 0 heterocycles. The van der Waals surface area contributed by atoms with Gasteiger partial charge in [0.2, 0.25) is 0 Å². The van der Waals surface area contributed by atoms with E-state index in [1.165, 1.54) is 0 Å². The predicted molar refractivity (Wildman–Crippen MR) is 43.1 cm³/mol. The zero-order chi connectivity index (χ0) is 12.7. The van der Waals surface area contributed by atoms with Gasteiger partial charge in [0.1, 0.15) is 5.75 Å². The summed E-state index contributed by atoms with van der Waals surface area (Å²) < 4.78 is 73.3. The van der Waals surface area contributed by atoms with Gasteiger partial charge < -0.3 is 5.11 Å². The van der Waals surface area contributed by atoms with Gasteiger partial charge in [0.15, 0.2) is 0 Å². The largest absolute Gasteiger partial charge is 0.507 e. The van der Waals surface area contributed by atoms with E-state index in [9.17, 15) is 26.3 Å². The Balaban J connectivity index is 3.51. The van der Waals surface area contributed by atoms with Crippen LogP contribution in [0.15, 0.2) is 12.1 Å². The lowest BCUT2D eigenvalue weighted by molar-refractivity contribution is -0.145. The molecule has 0 bridgehead atoms. The normalized spacial score (nSPS) is 12.9. The predicted octanol–water partition coefficient (Wildman–Crippen LogP) is 4.08. The standard InChI is InChI=1S/C8H3ClF6O/c9-3-1-4(7(10,11)12)6(16)5(2-3)8(13,14)15/h1-2,16H. The molecule has 1 N–H and O–H groups in total. The van der Waals surface area contributed by atoms with Gasteiger partial charge in [-0.25, -0.2) is 0 Å². The lowest BCUT2D eigenvalue weighted by Gasteiger charge is -2.14. The Morgan fingerprint density at radius 1 is 0.875 bits per heavy atom. The van der Waals surface area contributed by atoms with Crippen LogP contribution < -0.4 is 0 Å². The quantitative estimate of drug-likeness (QED) is 0.700. The van der Waals surface area contributed by atoms with Crippen LogP contribution in [-0.4, -0.2) is 5.11 Å². The van der Waals surface area contributed by atoms with E-state index in [-0.39, 0.29) is 12.1 Å². The first-order valence-electron chi connectivity index (χ1n) is 3.70. The van der Waals surface area contributed by atoms with Crippen LogP contribution in [-0.2, 0) is 12.4 Å². The molecule has 1 nitrogen and oxygen atoms in total. The van der Waals surface area contributed by atoms with Gasteiger partial charge in [-0.3, -0.25) is 0 Å². The molecule has 0 aliphatic rings. The van der Waals surface area contributed by atoms with Crippen LogP contribution in [0.5, 0.6) is 5.75 Å². The minimum absolute atomic E-state index is 0.228. The fourth-order valence-electron chi connectivity index (χ4n) is 1.03. The molecular formula is C8H3ClF6O. The maximum atomic E-state index is 12.2. The number of rotatable bonds is 0. The van der Waals surface area contributed by atoms with E-state index in [1.807, 2.05) is 0 Å². The van der Waals surface area contributed by atoms with E-state index in [2.05, 4.69) is 0 Å². The Morgan fingerprint density at radius 3 is 1.44 bits per heavy atom. The third kappa shape index (κ3) is 2.52. The summed E-state index contributed by atoms with van der Waals surface area (Å²) in [6, 6.07) is 0.457. The maximum absolute atomic E-state index is 12.2.